The van der Waals surface area contributed by atoms with E-state index in [4.69, 9.17) is 14.7 Å². The lowest BCUT2D eigenvalue weighted by atomic mass is 9.91. The van der Waals surface area contributed by atoms with E-state index >= 15 is 0 Å². The summed E-state index contributed by atoms with van der Waals surface area (Å²) in [5, 5.41) is 23.1. The van der Waals surface area contributed by atoms with Gasteiger partial charge in [-0.2, -0.15) is 5.26 Å². The number of nitrogens with zero attached hydrogens (tertiary/aromatic N) is 2. The standard InChI is InChI=1S/C30H32N2O5/c1-30(2,3)37-29(35)32-14-12-26(13-15-32)36-25-10-8-23(9-11-25)27(28(33)34)18-20-4-6-22-7-5-21(19-31)17-24(22)16-20/h4-11,16-17,26-27H,12-15,18H2,1-3H3,(H,33,34)/p-1. The maximum atomic E-state index is 12.3. The van der Waals surface area contributed by atoms with Gasteiger partial charge in [0.25, 0.3) is 0 Å². The van der Waals surface area contributed by atoms with Crippen LogP contribution in [0.1, 0.15) is 56.2 Å². The number of piperidine rings is 1. The normalized spacial score (nSPS) is 15.1. The molecule has 1 atom stereocenters. The first-order valence-electron chi connectivity index (χ1n) is 12.5. The van der Waals surface area contributed by atoms with E-state index < -0.39 is 17.5 Å². The molecular weight excluding hydrogens is 468 g/mol. The minimum Gasteiger partial charge on any atom is -0.549 e. The predicted molar refractivity (Wildman–Crippen MR) is 138 cm³/mol. The summed E-state index contributed by atoms with van der Waals surface area (Å²) in [6.45, 7) is 6.67. The monoisotopic (exact) mass is 499 g/mol. The number of carbonyl (C=O) groups excluding carboxylic acids is 2. The van der Waals surface area contributed by atoms with Crippen molar-refractivity contribution < 1.29 is 24.2 Å². The lowest BCUT2D eigenvalue weighted by molar-refractivity contribution is -0.308. The summed E-state index contributed by atoms with van der Waals surface area (Å²) in [4.78, 5) is 26.0. The molecule has 1 unspecified atom stereocenters. The Labute approximate surface area is 217 Å². The molecule has 3 aromatic carbocycles. The Balaban J connectivity index is 1.38. The first kappa shape index (κ1) is 26.0. The lowest BCUT2D eigenvalue weighted by Crippen LogP contribution is -2.44. The van der Waals surface area contributed by atoms with E-state index in [-0.39, 0.29) is 18.6 Å². The molecule has 0 saturated carbocycles. The highest BCUT2D eigenvalue weighted by Crippen LogP contribution is 2.27. The molecule has 1 heterocycles. The molecule has 0 N–H and O–H groups in total. The lowest BCUT2D eigenvalue weighted by Gasteiger charge is -2.33. The summed E-state index contributed by atoms with van der Waals surface area (Å²) < 4.78 is 11.5. The third kappa shape index (κ3) is 6.79. The Bertz CT molecular complexity index is 1310. The van der Waals surface area contributed by atoms with Crippen LogP contribution in [0.4, 0.5) is 4.79 Å². The van der Waals surface area contributed by atoms with Gasteiger partial charge in [-0.05, 0) is 73.4 Å². The van der Waals surface area contributed by atoms with Crippen molar-refractivity contribution >= 4 is 22.8 Å². The molecule has 7 nitrogen and oxygen atoms in total. The van der Waals surface area contributed by atoms with Crippen molar-refractivity contribution in [1.29, 1.82) is 5.26 Å². The van der Waals surface area contributed by atoms with Gasteiger partial charge in [-0.1, -0.05) is 36.4 Å². The van der Waals surface area contributed by atoms with Crippen LogP contribution in [0, 0.1) is 11.3 Å². The molecule has 1 aliphatic rings. The molecule has 192 valence electrons. The van der Waals surface area contributed by atoms with Crippen LogP contribution in [0.3, 0.4) is 0 Å². The van der Waals surface area contributed by atoms with Gasteiger partial charge in [-0.15, -0.1) is 0 Å². The highest BCUT2D eigenvalue weighted by atomic mass is 16.6. The van der Waals surface area contributed by atoms with E-state index in [1.54, 1.807) is 41.3 Å². The smallest absolute Gasteiger partial charge is 0.410 e. The Hall–Kier alpha value is -4.05. The van der Waals surface area contributed by atoms with Crippen molar-refractivity contribution in [2.45, 2.75) is 57.7 Å². The average Bonchev–Trinajstić information content (AvgIpc) is 2.86. The molecule has 1 amide bonds. The summed E-state index contributed by atoms with van der Waals surface area (Å²) in [5.74, 6) is -1.30. The maximum Gasteiger partial charge on any atom is 0.410 e. The molecule has 4 rings (SSSR count). The van der Waals surface area contributed by atoms with Crippen LogP contribution in [0.25, 0.3) is 10.8 Å². The van der Waals surface area contributed by atoms with Crippen molar-refractivity contribution in [3.63, 3.8) is 0 Å². The van der Waals surface area contributed by atoms with Crippen LogP contribution in [0.2, 0.25) is 0 Å². The van der Waals surface area contributed by atoms with Gasteiger partial charge in [0.05, 0.1) is 11.6 Å². The zero-order valence-corrected chi connectivity index (χ0v) is 21.4. The van der Waals surface area contributed by atoms with Gasteiger partial charge in [-0.3, -0.25) is 0 Å². The van der Waals surface area contributed by atoms with E-state index in [1.807, 2.05) is 45.0 Å². The van der Waals surface area contributed by atoms with Gasteiger partial charge in [0.15, 0.2) is 0 Å². The largest absolute Gasteiger partial charge is 0.549 e. The van der Waals surface area contributed by atoms with Gasteiger partial charge in [0.1, 0.15) is 17.5 Å². The zero-order valence-electron chi connectivity index (χ0n) is 21.4. The number of hydrogen-bond acceptors (Lipinski definition) is 6. The number of likely N-dealkylation sites (tertiary alicyclic amines) is 1. The van der Waals surface area contributed by atoms with Gasteiger partial charge in [0.2, 0.25) is 0 Å². The first-order chi connectivity index (χ1) is 17.6. The van der Waals surface area contributed by atoms with E-state index in [9.17, 15) is 14.7 Å². The molecule has 0 aliphatic carbocycles. The predicted octanol–water partition coefficient (Wildman–Crippen LogP) is 4.57. The minimum absolute atomic E-state index is 0.0302. The minimum atomic E-state index is -1.14. The second-order valence-electron chi connectivity index (χ2n) is 10.4. The number of nitriles is 1. The zero-order chi connectivity index (χ0) is 26.6. The Morgan fingerprint density at radius 1 is 1.03 bits per heavy atom. The molecule has 0 aromatic heterocycles. The van der Waals surface area contributed by atoms with E-state index in [2.05, 4.69) is 6.07 Å². The maximum absolute atomic E-state index is 12.3. The molecule has 37 heavy (non-hydrogen) atoms. The number of carbonyl (C=O) groups is 2. The van der Waals surface area contributed by atoms with Crippen molar-refractivity contribution in [1.82, 2.24) is 4.90 Å². The van der Waals surface area contributed by atoms with Crippen LogP contribution >= 0.6 is 0 Å². The number of aliphatic carboxylic acids is 1. The number of fused-ring (bicyclic) bond motifs is 1. The average molecular weight is 500 g/mol. The quantitative estimate of drug-likeness (QED) is 0.492. The fraction of sp³-hybridized carbons (Fsp3) is 0.367. The molecule has 7 heteroatoms. The summed E-state index contributed by atoms with van der Waals surface area (Å²) >= 11 is 0. The summed E-state index contributed by atoms with van der Waals surface area (Å²) in [6.07, 6.45) is 1.33. The van der Waals surface area contributed by atoms with Crippen LogP contribution in [0.5, 0.6) is 5.75 Å². The van der Waals surface area contributed by atoms with Gasteiger partial charge in [0, 0.05) is 37.8 Å². The van der Waals surface area contributed by atoms with E-state index in [0.29, 0.717) is 42.8 Å². The number of ether oxygens (including phenoxy) is 2. The highest BCUT2D eigenvalue weighted by Gasteiger charge is 2.27. The number of hydrogen-bond donors (Lipinski definition) is 0. The fourth-order valence-electron chi connectivity index (χ4n) is 4.52. The third-order valence-electron chi connectivity index (χ3n) is 6.44. The molecule has 1 fully saturated rings. The number of benzene rings is 3. The SMILES string of the molecule is CC(C)(C)OC(=O)N1CCC(Oc2ccc(C(Cc3ccc4ccc(C#N)cc4c3)C(=O)[O-])cc2)CC1. The number of rotatable bonds is 6. The summed E-state index contributed by atoms with van der Waals surface area (Å²) in [5.41, 5.74) is 1.53. The van der Waals surface area contributed by atoms with Crippen molar-refractivity contribution in [3.05, 3.63) is 77.4 Å². The summed E-state index contributed by atoms with van der Waals surface area (Å²) in [6, 6.07) is 20.4. The molecule has 1 aliphatic heterocycles. The molecule has 0 spiro atoms. The molecule has 1 saturated heterocycles. The van der Waals surface area contributed by atoms with Crippen LogP contribution in [-0.4, -0.2) is 41.8 Å². The first-order valence-corrected chi connectivity index (χ1v) is 12.5. The second-order valence-corrected chi connectivity index (χ2v) is 10.4. The Morgan fingerprint density at radius 3 is 2.32 bits per heavy atom. The summed E-state index contributed by atoms with van der Waals surface area (Å²) in [7, 11) is 0. The second kappa shape index (κ2) is 10.9. The van der Waals surface area contributed by atoms with Gasteiger partial charge >= 0.3 is 6.09 Å². The number of carboxylic acids is 1. The third-order valence-corrected chi connectivity index (χ3v) is 6.44. The van der Waals surface area contributed by atoms with Crippen molar-refractivity contribution in [3.8, 4) is 11.8 Å². The fourth-order valence-corrected chi connectivity index (χ4v) is 4.52. The van der Waals surface area contributed by atoms with E-state index in [0.717, 1.165) is 16.3 Å². The molecular formula is C30H31N2O5-. The van der Waals surface area contributed by atoms with Crippen LogP contribution in [0.15, 0.2) is 60.7 Å². The van der Waals surface area contributed by atoms with Crippen molar-refractivity contribution in [2.75, 3.05) is 13.1 Å². The van der Waals surface area contributed by atoms with Crippen LogP contribution < -0.4 is 9.84 Å². The number of carboxylic acid groups (broad SMARTS) is 1. The van der Waals surface area contributed by atoms with Crippen LogP contribution in [-0.2, 0) is 16.0 Å². The van der Waals surface area contributed by atoms with Gasteiger partial charge < -0.3 is 24.3 Å². The Kier molecular flexibility index (Phi) is 7.68. The highest BCUT2D eigenvalue weighted by molar-refractivity contribution is 5.84. The van der Waals surface area contributed by atoms with Crippen molar-refractivity contribution in [2.24, 2.45) is 0 Å². The van der Waals surface area contributed by atoms with E-state index in [1.165, 1.54) is 0 Å². The van der Waals surface area contributed by atoms with Gasteiger partial charge in [-0.25, -0.2) is 4.79 Å². The molecule has 0 radical (unpaired) electrons. The topological polar surface area (TPSA) is 103 Å². The Morgan fingerprint density at radius 2 is 1.70 bits per heavy atom. The molecule has 3 aromatic rings. The molecule has 0 bridgehead atoms. The number of amides is 1.